The first-order chi connectivity index (χ1) is 10.0. The minimum absolute atomic E-state index is 0.250. The van der Waals surface area contributed by atoms with E-state index >= 15 is 0 Å². The fourth-order valence-electron chi connectivity index (χ4n) is 2.21. The van der Waals surface area contributed by atoms with Gasteiger partial charge >= 0.3 is 0 Å². The summed E-state index contributed by atoms with van der Waals surface area (Å²) in [7, 11) is -3.55. The summed E-state index contributed by atoms with van der Waals surface area (Å²) < 4.78 is 27.6. The van der Waals surface area contributed by atoms with Crippen LogP contribution in [0.4, 0.5) is 0 Å². The van der Waals surface area contributed by atoms with Gasteiger partial charge in [0.15, 0.2) is 0 Å². The highest BCUT2D eigenvalue weighted by Crippen LogP contribution is 2.15. The molecule has 0 fully saturated rings. The van der Waals surface area contributed by atoms with Gasteiger partial charge < -0.3 is 5.73 Å². The molecule has 0 aliphatic heterocycles. The number of nitrogens with two attached hydrogens (primary N) is 1. The molecule has 4 nitrogen and oxygen atoms in total. The second-order valence-corrected chi connectivity index (χ2v) is 6.69. The number of nitrogens with one attached hydrogen (secondary N) is 1. The minimum Gasteiger partial charge on any atom is -0.329 e. The maximum Gasteiger partial charge on any atom is 0.241 e. The lowest BCUT2D eigenvalue weighted by Crippen LogP contribution is -2.41. The molecule has 3 N–H and O–H groups in total. The Balaban J connectivity index is 2.16. The van der Waals surface area contributed by atoms with Gasteiger partial charge in [-0.25, -0.2) is 13.1 Å². The lowest BCUT2D eigenvalue weighted by Gasteiger charge is -2.18. The maximum atomic E-state index is 12.4. The minimum atomic E-state index is -3.55. The number of benzene rings is 2. The van der Waals surface area contributed by atoms with Crippen molar-refractivity contribution in [2.24, 2.45) is 5.73 Å². The molecule has 2 aromatic rings. The van der Waals surface area contributed by atoms with E-state index in [0.29, 0.717) is 11.3 Å². The average molecular weight is 304 g/mol. The van der Waals surface area contributed by atoms with E-state index in [0.717, 1.165) is 11.1 Å². The van der Waals surface area contributed by atoms with Gasteiger partial charge in [-0.15, -0.1) is 0 Å². The lowest BCUT2D eigenvalue weighted by atomic mass is 10.1. The van der Waals surface area contributed by atoms with Crippen molar-refractivity contribution in [1.82, 2.24) is 4.72 Å². The van der Waals surface area contributed by atoms with Crippen molar-refractivity contribution in [3.63, 3.8) is 0 Å². The van der Waals surface area contributed by atoms with E-state index in [1.807, 2.05) is 36.4 Å². The van der Waals surface area contributed by atoms with Crippen LogP contribution in [0.2, 0.25) is 0 Å². The Labute approximate surface area is 126 Å². The number of aryl methyl sites for hydroxylation is 1. The Hall–Kier alpha value is -1.69. The summed E-state index contributed by atoms with van der Waals surface area (Å²) >= 11 is 0. The van der Waals surface area contributed by atoms with Crippen LogP contribution in [0.25, 0.3) is 0 Å². The van der Waals surface area contributed by atoms with Crippen LogP contribution >= 0.6 is 0 Å². The summed E-state index contributed by atoms with van der Waals surface area (Å²) in [6.45, 7) is 2.03. The molecule has 0 aromatic heterocycles. The molecule has 21 heavy (non-hydrogen) atoms. The van der Waals surface area contributed by atoms with Crippen LogP contribution in [0.15, 0.2) is 59.5 Å². The average Bonchev–Trinajstić information content (AvgIpc) is 2.47. The topological polar surface area (TPSA) is 72.2 Å². The van der Waals surface area contributed by atoms with Crippen LogP contribution in [0.3, 0.4) is 0 Å². The van der Waals surface area contributed by atoms with Gasteiger partial charge in [-0.1, -0.05) is 48.5 Å². The van der Waals surface area contributed by atoms with Crippen LogP contribution in [-0.4, -0.2) is 21.0 Å². The summed E-state index contributed by atoms with van der Waals surface area (Å²) in [6, 6.07) is 16.3. The van der Waals surface area contributed by atoms with Crippen LogP contribution in [0.5, 0.6) is 0 Å². The lowest BCUT2D eigenvalue weighted by molar-refractivity contribution is 0.547. The Bertz CT molecular complexity index is 684. The summed E-state index contributed by atoms with van der Waals surface area (Å²) in [6.07, 6.45) is 0.572. The molecule has 2 rings (SSSR count). The predicted molar refractivity (Wildman–Crippen MR) is 84.5 cm³/mol. The van der Waals surface area contributed by atoms with Crippen molar-refractivity contribution in [2.75, 3.05) is 6.54 Å². The summed E-state index contributed by atoms with van der Waals surface area (Å²) in [4.78, 5) is 0.302. The van der Waals surface area contributed by atoms with Crippen molar-refractivity contribution in [3.8, 4) is 0 Å². The van der Waals surface area contributed by atoms with Crippen LogP contribution in [-0.2, 0) is 16.4 Å². The van der Waals surface area contributed by atoms with Crippen molar-refractivity contribution < 1.29 is 8.42 Å². The fourth-order valence-corrected chi connectivity index (χ4v) is 3.71. The highest BCUT2D eigenvalue weighted by molar-refractivity contribution is 7.89. The van der Waals surface area contributed by atoms with E-state index in [9.17, 15) is 8.42 Å². The van der Waals surface area contributed by atoms with E-state index in [1.54, 1.807) is 25.1 Å². The zero-order valence-corrected chi connectivity index (χ0v) is 12.8. The molecule has 0 bridgehead atoms. The van der Waals surface area contributed by atoms with Gasteiger partial charge in [0.1, 0.15) is 0 Å². The molecule has 0 spiro atoms. The van der Waals surface area contributed by atoms with Crippen molar-refractivity contribution in [1.29, 1.82) is 0 Å². The number of sulfonamides is 1. The van der Waals surface area contributed by atoms with Crippen molar-refractivity contribution in [3.05, 3.63) is 65.7 Å². The third-order valence-corrected chi connectivity index (χ3v) is 5.00. The Morgan fingerprint density at radius 2 is 1.67 bits per heavy atom. The van der Waals surface area contributed by atoms with Gasteiger partial charge in [0, 0.05) is 12.6 Å². The van der Waals surface area contributed by atoms with E-state index in [2.05, 4.69) is 4.72 Å². The number of hydrogen-bond acceptors (Lipinski definition) is 3. The highest BCUT2D eigenvalue weighted by atomic mass is 32.2. The smallest absolute Gasteiger partial charge is 0.241 e. The Morgan fingerprint density at radius 1 is 1.05 bits per heavy atom. The third-order valence-electron chi connectivity index (χ3n) is 3.31. The molecule has 1 unspecified atom stereocenters. The molecule has 2 aromatic carbocycles. The molecular formula is C16H20N2O2S. The summed E-state index contributed by atoms with van der Waals surface area (Å²) in [5.74, 6) is 0. The number of rotatable bonds is 6. The van der Waals surface area contributed by atoms with Crippen molar-refractivity contribution >= 4 is 10.0 Å². The standard InChI is InChI=1S/C16H20N2O2S/c1-13-7-5-6-10-16(13)21(19,20)18-15(12-17)11-14-8-3-2-4-9-14/h2-10,15,18H,11-12,17H2,1H3. The van der Waals surface area contributed by atoms with E-state index in [-0.39, 0.29) is 12.6 Å². The van der Waals surface area contributed by atoms with Gasteiger partial charge in [-0.3, -0.25) is 0 Å². The van der Waals surface area contributed by atoms with E-state index < -0.39 is 10.0 Å². The molecule has 0 heterocycles. The SMILES string of the molecule is Cc1ccccc1S(=O)(=O)NC(CN)Cc1ccccc1. The third kappa shape index (κ3) is 4.14. The van der Waals surface area contributed by atoms with Crippen LogP contribution in [0, 0.1) is 6.92 Å². The monoisotopic (exact) mass is 304 g/mol. The van der Waals surface area contributed by atoms with Gasteiger partial charge in [-0.2, -0.15) is 0 Å². The van der Waals surface area contributed by atoms with Gasteiger partial charge in [0.25, 0.3) is 0 Å². The molecule has 5 heteroatoms. The van der Waals surface area contributed by atoms with Crippen LogP contribution in [0.1, 0.15) is 11.1 Å². The van der Waals surface area contributed by atoms with Gasteiger partial charge in [0.05, 0.1) is 4.90 Å². The zero-order chi connectivity index (χ0) is 15.3. The first-order valence-electron chi connectivity index (χ1n) is 6.85. The van der Waals surface area contributed by atoms with Crippen molar-refractivity contribution in [2.45, 2.75) is 24.3 Å². The highest BCUT2D eigenvalue weighted by Gasteiger charge is 2.20. The first kappa shape index (κ1) is 15.7. The predicted octanol–water partition coefficient (Wildman–Crippen LogP) is 1.84. The molecule has 0 radical (unpaired) electrons. The molecule has 0 aliphatic carbocycles. The summed E-state index contributed by atoms with van der Waals surface area (Å²) in [5, 5.41) is 0. The van der Waals surface area contributed by atoms with Crippen LogP contribution < -0.4 is 10.5 Å². The quantitative estimate of drug-likeness (QED) is 0.855. The second-order valence-electron chi connectivity index (χ2n) is 5.01. The fraction of sp³-hybridized carbons (Fsp3) is 0.250. The molecular weight excluding hydrogens is 284 g/mol. The molecule has 0 aliphatic rings. The van der Waals surface area contributed by atoms with E-state index in [1.165, 1.54) is 0 Å². The molecule has 0 saturated carbocycles. The molecule has 112 valence electrons. The largest absolute Gasteiger partial charge is 0.329 e. The Kier molecular flexibility index (Phi) is 5.12. The molecule has 0 amide bonds. The number of hydrogen-bond donors (Lipinski definition) is 2. The normalized spacial score (nSPS) is 13.0. The van der Waals surface area contributed by atoms with Gasteiger partial charge in [0.2, 0.25) is 10.0 Å². The summed E-state index contributed by atoms with van der Waals surface area (Å²) in [5.41, 5.74) is 7.50. The molecule has 1 atom stereocenters. The Morgan fingerprint density at radius 3 is 2.29 bits per heavy atom. The molecule has 0 saturated heterocycles. The van der Waals surface area contributed by atoms with E-state index in [4.69, 9.17) is 5.73 Å². The maximum absolute atomic E-state index is 12.4. The zero-order valence-electron chi connectivity index (χ0n) is 12.0. The first-order valence-corrected chi connectivity index (χ1v) is 8.33. The van der Waals surface area contributed by atoms with Gasteiger partial charge in [-0.05, 0) is 30.5 Å². The second kappa shape index (κ2) is 6.85.